The van der Waals surface area contributed by atoms with E-state index in [2.05, 4.69) is 26.0 Å². The number of fused-ring (bicyclic) bond motifs is 1. The van der Waals surface area contributed by atoms with Gasteiger partial charge in [0.25, 0.3) is 5.56 Å². The van der Waals surface area contributed by atoms with Crippen molar-refractivity contribution in [3.05, 3.63) is 44.6 Å². The van der Waals surface area contributed by atoms with Gasteiger partial charge in [0, 0.05) is 13.0 Å². The molecule has 1 aliphatic rings. The molecule has 1 aliphatic heterocycles. The van der Waals surface area contributed by atoms with Gasteiger partial charge in [0.15, 0.2) is 11.5 Å². The fourth-order valence-electron chi connectivity index (χ4n) is 1.99. The van der Waals surface area contributed by atoms with Crippen LogP contribution in [0, 0.1) is 0 Å². The number of anilines is 1. The first-order chi connectivity index (χ1) is 12.1. The van der Waals surface area contributed by atoms with E-state index in [1.165, 1.54) is 6.21 Å². The summed E-state index contributed by atoms with van der Waals surface area (Å²) in [7, 11) is 0. The second-order valence-corrected chi connectivity index (χ2v) is 4.94. The number of H-pyrrole nitrogens is 2. The van der Waals surface area contributed by atoms with Crippen LogP contribution < -0.4 is 31.5 Å². The zero-order chi connectivity index (χ0) is 17.6. The van der Waals surface area contributed by atoms with Crippen LogP contribution in [0.2, 0.25) is 0 Å². The van der Waals surface area contributed by atoms with Gasteiger partial charge in [0.2, 0.25) is 18.5 Å². The Balaban J connectivity index is 1.45. The van der Waals surface area contributed by atoms with Gasteiger partial charge in [-0.3, -0.25) is 14.6 Å². The Morgan fingerprint density at radius 1 is 1.32 bits per heavy atom. The molecular formula is C14H14N6O5. The number of hydrazone groups is 1. The summed E-state index contributed by atoms with van der Waals surface area (Å²) in [5.41, 5.74) is 1.74. The lowest BCUT2D eigenvalue weighted by Crippen LogP contribution is -2.28. The van der Waals surface area contributed by atoms with Gasteiger partial charge in [0.05, 0.1) is 6.21 Å². The topological polar surface area (TPSA) is 151 Å². The Labute approximate surface area is 140 Å². The molecule has 11 nitrogen and oxygen atoms in total. The number of carbonyl (C=O) groups is 1. The molecule has 1 amide bonds. The number of carbonyl (C=O) groups excluding carboxylic acids is 1. The molecule has 3 rings (SSSR count). The second kappa shape index (κ2) is 7.29. The second-order valence-electron chi connectivity index (χ2n) is 4.94. The third kappa shape index (κ3) is 4.22. The van der Waals surface area contributed by atoms with Gasteiger partial charge in [0.1, 0.15) is 0 Å². The first-order valence-corrected chi connectivity index (χ1v) is 7.26. The molecule has 130 valence electrons. The predicted octanol–water partition coefficient (Wildman–Crippen LogP) is -0.861. The van der Waals surface area contributed by atoms with E-state index in [4.69, 9.17) is 9.47 Å². The molecule has 11 heteroatoms. The minimum absolute atomic E-state index is 0.0543. The van der Waals surface area contributed by atoms with E-state index in [0.29, 0.717) is 11.5 Å². The minimum atomic E-state index is -0.703. The van der Waals surface area contributed by atoms with E-state index >= 15 is 0 Å². The highest BCUT2D eigenvalue weighted by Gasteiger charge is 2.12. The number of hydrogen-bond donors (Lipinski definition) is 4. The van der Waals surface area contributed by atoms with Gasteiger partial charge >= 0.3 is 5.69 Å². The summed E-state index contributed by atoms with van der Waals surface area (Å²) in [6.45, 7) is 0.333. The summed E-state index contributed by atoms with van der Waals surface area (Å²) >= 11 is 0. The molecule has 25 heavy (non-hydrogen) atoms. The number of benzene rings is 1. The van der Waals surface area contributed by atoms with E-state index < -0.39 is 11.2 Å². The summed E-state index contributed by atoms with van der Waals surface area (Å²) < 4.78 is 10.4. The first-order valence-electron chi connectivity index (χ1n) is 7.26. The number of ether oxygens (including phenoxy) is 2. The highest BCUT2D eigenvalue weighted by Crippen LogP contribution is 2.31. The average molecular weight is 346 g/mol. The number of nitrogens with zero attached hydrogens (tertiary/aromatic N) is 2. The molecule has 2 aromatic rings. The molecule has 0 spiro atoms. The molecular weight excluding hydrogens is 332 g/mol. The maximum atomic E-state index is 11.7. The number of nitrogens with one attached hydrogen (secondary N) is 4. The lowest BCUT2D eigenvalue weighted by atomic mass is 10.2. The van der Waals surface area contributed by atoms with E-state index in [9.17, 15) is 14.4 Å². The predicted molar refractivity (Wildman–Crippen MR) is 86.9 cm³/mol. The molecule has 0 saturated carbocycles. The van der Waals surface area contributed by atoms with Crippen LogP contribution in [0.4, 0.5) is 5.82 Å². The van der Waals surface area contributed by atoms with Crippen LogP contribution in [0.3, 0.4) is 0 Å². The van der Waals surface area contributed by atoms with E-state index in [1.54, 1.807) is 18.2 Å². The minimum Gasteiger partial charge on any atom is -0.454 e. The van der Waals surface area contributed by atoms with Crippen molar-refractivity contribution in [3.8, 4) is 11.5 Å². The van der Waals surface area contributed by atoms with Crippen LogP contribution in [0.5, 0.6) is 11.5 Å². The highest BCUT2D eigenvalue weighted by atomic mass is 16.7. The Morgan fingerprint density at radius 2 is 2.16 bits per heavy atom. The van der Waals surface area contributed by atoms with Crippen LogP contribution in [-0.4, -0.2) is 40.6 Å². The van der Waals surface area contributed by atoms with Crippen molar-refractivity contribution >= 4 is 17.9 Å². The lowest BCUT2D eigenvalue weighted by molar-refractivity contribution is -0.120. The molecule has 0 unspecified atom stereocenters. The summed E-state index contributed by atoms with van der Waals surface area (Å²) in [5.74, 6) is 0.859. The molecule has 1 aromatic carbocycles. The Hall–Kier alpha value is -3.63. The van der Waals surface area contributed by atoms with Gasteiger partial charge in [-0.25, -0.2) is 15.3 Å². The molecule has 0 atom stereocenters. The number of aromatic amines is 2. The van der Waals surface area contributed by atoms with Crippen LogP contribution >= 0.6 is 0 Å². The van der Waals surface area contributed by atoms with Crippen molar-refractivity contribution < 1.29 is 14.3 Å². The largest absolute Gasteiger partial charge is 0.454 e. The molecule has 0 saturated heterocycles. The molecule has 0 bridgehead atoms. The number of rotatable bonds is 6. The number of amides is 1. The van der Waals surface area contributed by atoms with Crippen molar-refractivity contribution in [2.24, 2.45) is 5.10 Å². The number of aromatic nitrogens is 3. The zero-order valence-electron chi connectivity index (χ0n) is 12.9. The van der Waals surface area contributed by atoms with Gasteiger partial charge in [-0.2, -0.15) is 5.10 Å². The third-order valence-electron chi connectivity index (χ3n) is 3.16. The Morgan fingerprint density at radius 3 is 3.00 bits per heavy atom. The Bertz CT molecular complexity index is 918. The fourth-order valence-corrected chi connectivity index (χ4v) is 1.99. The van der Waals surface area contributed by atoms with E-state index in [1.807, 2.05) is 4.98 Å². The van der Waals surface area contributed by atoms with Crippen LogP contribution in [0.25, 0.3) is 0 Å². The van der Waals surface area contributed by atoms with E-state index in [-0.39, 0.29) is 31.5 Å². The lowest BCUT2D eigenvalue weighted by Gasteiger charge is -2.03. The van der Waals surface area contributed by atoms with Crippen molar-refractivity contribution in [2.75, 3.05) is 18.7 Å². The summed E-state index contributed by atoms with van der Waals surface area (Å²) in [4.78, 5) is 35.9. The van der Waals surface area contributed by atoms with Crippen LogP contribution in [0.15, 0.2) is 32.9 Å². The van der Waals surface area contributed by atoms with Crippen LogP contribution in [0.1, 0.15) is 12.0 Å². The van der Waals surface area contributed by atoms with Gasteiger partial charge in [-0.15, -0.1) is 5.10 Å². The van der Waals surface area contributed by atoms with Gasteiger partial charge in [-0.05, 0) is 23.8 Å². The Kier molecular flexibility index (Phi) is 4.74. The SMILES string of the molecule is O=C(CCNc1n[nH]c(=O)[nH]c1=O)N/N=C\c1ccc2c(c1)OCO2. The molecule has 0 fully saturated rings. The molecule has 0 radical (unpaired) electrons. The van der Waals surface area contributed by atoms with Crippen molar-refractivity contribution in [1.82, 2.24) is 20.6 Å². The normalized spacial score (nSPS) is 12.3. The van der Waals surface area contributed by atoms with Crippen molar-refractivity contribution in [3.63, 3.8) is 0 Å². The zero-order valence-corrected chi connectivity index (χ0v) is 12.9. The van der Waals surface area contributed by atoms with Gasteiger partial charge in [-0.1, -0.05) is 0 Å². The summed E-state index contributed by atoms with van der Waals surface area (Å²) in [6, 6.07) is 5.27. The quantitative estimate of drug-likeness (QED) is 0.392. The summed E-state index contributed by atoms with van der Waals surface area (Å²) in [6.07, 6.45) is 1.53. The monoisotopic (exact) mass is 346 g/mol. The molecule has 0 aliphatic carbocycles. The maximum Gasteiger partial charge on any atom is 0.342 e. The van der Waals surface area contributed by atoms with Crippen LogP contribution in [-0.2, 0) is 4.79 Å². The smallest absolute Gasteiger partial charge is 0.342 e. The number of hydrogen-bond acceptors (Lipinski definition) is 8. The fraction of sp³-hybridized carbons (Fsp3) is 0.214. The highest BCUT2D eigenvalue weighted by molar-refractivity contribution is 5.83. The molecule has 2 heterocycles. The van der Waals surface area contributed by atoms with Crippen molar-refractivity contribution in [1.29, 1.82) is 0 Å². The first kappa shape index (κ1) is 16.2. The van der Waals surface area contributed by atoms with Gasteiger partial charge < -0.3 is 14.8 Å². The molecule has 1 aromatic heterocycles. The third-order valence-corrected chi connectivity index (χ3v) is 3.16. The standard InChI is InChI=1S/C14H14N6O5/c21-11(3-4-15-12-13(22)17-14(23)20-19-12)18-16-6-8-1-2-9-10(5-8)25-7-24-9/h1-2,5-6H,3-4,7H2,(H,15,19)(H,18,21)(H2,17,20,22,23)/b16-6-. The summed E-state index contributed by atoms with van der Waals surface area (Å²) in [5, 5.41) is 12.1. The maximum absolute atomic E-state index is 11.7. The average Bonchev–Trinajstić information content (AvgIpc) is 3.04. The molecule has 4 N–H and O–H groups in total. The van der Waals surface area contributed by atoms with E-state index in [0.717, 1.165) is 5.56 Å². The van der Waals surface area contributed by atoms with Crippen molar-refractivity contribution in [2.45, 2.75) is 6.42 Å².